The number of nitrogens with zero attached hydrogens (tertiary/aromatic N) is 4. The highest BCUT2D eigenvalue weighted by molar-refractivity contribution is 6.04. The minimum absolute atomic E-state index is 0.263. The van der Waals surface area contributed by atoms with Crippen molar-refractivity contribution in [3.05, 3.63) is 64.8 Å². The first-order valence-electron chi connectivity index (χ1n) is 5.16. The Balaban J connectivity index is 2.17. The molecule has 0 atom stereocenters. The molecule has 1 amide bonds. The largest absolute Gasteiger partial charge is 0.322 e. The number of carbonyl (C=O) groups is 1. The number of carbonyl (C=O) groups excluding carboxylic acids is 1. The van der Waals surface area contributed by atoms with Gasteiger partial charge in [-0.1, -0.05) is 17.2 Å². The van der Waals surface area contributed by atoms with Gasteiger partial charge in [0, 0.05) is 28.7 Å². The number of aromatic nitrogens is 1. The van der Waals surface area contributed by atoms with Crippen LogP contribution in [0.25, 0.3) is 10.4 Å². The van der Waals surface area contributed by atoms with Gasteiger partial charge in [0.05, 0.1) is 5.56 Å². The fourth-order valence-corrected chi connectivity index (χ4v) is 1.40. The van der Waals surface area contributed by atoms with Crippen LogP contribution in [0.4, 0.5) is 11.4 Å². The van der Waals surface area contributed by atoms with Gasteiger partial charge in [0.1, 0.15) is 0 Å². The quantitative estimate of drug-likeness (QED) is 0.505. The van der Waals surface area contributed by atoms with Gasteiger partial charge in [-0.2, -0.15) is 0 Å². The van der Waals surface area contributed by atoms with Crippen molar-refractivity contribution in [2.45, 2.75) is 0 Å². The van der Waals surface area contributed by atoms with Crippen molar-refractivity contribution in [2.24, 2.45) is 5.11 Å². The van der Waals surface area contributed by atoms with E-state index in [0.29, 0.717) is 16.9 Å². The molecule has 1 heterocycles. The van der Waals surface area contributed by atoms with Crippen molar-refractivity contribution in [2.75, 3.05) is 5.32 Å². The summed E-state index contributed by atoms with van der Waals surface area (Å²) in [6.45, 7) is 0. The Morgan fingerprint density at radius 1 is 1.33 bits per heavy atom. The lowest BCUT2D eigenvalue weighted by Crippen LogP contribution is -2.11. The molecule has 0 aliphatic rings. The summed E-state index contributed by atoms with van der Waals surface area (Å²) in [5.74, 6) is -0.263. The van der Waals surface area contributed by atoms with Crippen LogP contribution in [0.5, 0.6) is 0 Å². The molecule has 0 aliphatic carbocycles. The van der Waals surface area contributed by atoms with E-state index in [9.17, 15) is 4.79 Å². The van der Waals surface area contributed by atoms with E-state index in [1.54, 1.807) is 42.6 Å². The van der Waals surface area contributed by atoms with Crippen LogP contribution in [-0.2, 0) is 0 Å². The Kier molecular flexibility index (Phi) is 3.53. The summed E-state index contributed by atoms with van der Waals surface area (Å²) in [6.07, 6.45) is 3.08. The number of rotatable bonds is 3. The van der Waals surface area contributed by atoms with Crippen molar-refractivity contribution in [1.29, 1.82) is 0 Å². The van der Waals surface area contributed by atoms with Gasteiger partial charge < -0.3 is 5.32 Å². The smallest absolute Gasteiger partial charge is 0.257 e. The van der Waals surface area contributed by atoms with E-state index < -0.39 is 0 Å². The van der Waals surface area contributed by atoms with Crippen molar-refractivity contribution < 1.29 is 4.79 Å². The minimum atomic E-state index is -0.263. The number of hydrogen-bond donors (Lipinski definition) is 1. The maximum absolute atomic E-state index is 11.8. The molecule has 0 unspecified atom stereocenters. The van der Waals surface area contributed by atoms with E-state index in [-0.39, 0.29) is 5.91 Å². The molecule has 0 bridgehead atoms. The van der Waals surface area contributed by atoms with E-state index in [2.05, 4.69) is 20.3 Å². The molecule has 2 rings (SSSR count). The zero-order chi connectivity index (χ0) is 12.8. The molecule has 2 aromatic rings. The SMILES string of the molecule is [N-]=[N+]=Nc1cccc(NC(=O)c2cccnc2)c1. The van der Waals surface area contributed by atoms with Gasteiger partial charge in [0.25, 0.3) is 5.91 Å². The van der Waals surface area contributed by atoms with Crippen molar-refractivity contribution in [1.82, 2.24) is 4.98 Å². The van der Waals surface area contributed by atoms with Crippen LogP contribution in [0, 0.1) is 0 Å². The molecular weight excluding hydrogens is 230 g/mol. The first-order chi connectivity index (χ1) is 8.79. The first kappa shape index (κ1) is 11.6. The summed E-state index contributed by atoms with van der Waals surface area (Å²) in [6, 6.07) is 10.0. The molecule has 1 aromatic heterocycles. The zero-order valence-electron chi connectivity index (χ0n) is 9.32. The maximum atomic E-state index is 11.8. The summed E-state index contributed by atoms with van der Waals surface area (Å²) in [4.78, 5) is 18.4. The van der Waals surface area contributed by atoms with E-state index in [4.69, 9.17) is 5.53 Å². The average molecular weight is 239 g/mol. The highest BCUT2D eigenvalue weighted by Crippen LogP contribution is 2.18. The lowest BCUT2D eigenvalue weighted by atomic mass is 10.2. The summed E-state index contributed by atoms with van der Waals surface area (Å²) in [7, 11) is 0. The highest BCUT2D eigenvalue weighted by atomic mass is 16.1. The Morgan fingerprint density at radius 2 is 2.22 bits per heavy atom. The third-order valence-corrected chi connectivity index (χ3v) is 2.19. The van der Waals surface area contributed by atoms with Gasteiger partial charge in [-0.15, -0.1) is 0 Å². The Labute approximate surface area is 103 Å². The predicted octanol–water partition coefficient (Wildman–Crippen LogP) is 3.28. The number of pyridine rings is 1. The molecule has 0 saturated carbocycles. The number of anilines is 1. The van der Waals surface area contributed by atoms with E-state index in [1.165, 1.54) is 6.20 Å². The predicted molar refractivity (Wildman–Crippen MR) is 67.4 cm³/mol. The van der Waals surface area contributed by atoms with Gasteiger partial charge in [0.2, 0.25) is 0 Å². The van der Waals surface area contributed by atoms with Gasteiger partial charge in [-0.25, -0.2) is 0 Å². The molecule has 0 radical (unpaired) electrons. The van der Waals surface area contributed by atoms with Gasteiger partial charge in [-0.05, 0) is 29.8 Å². The Hall–Kier alpha value is -2.85. The molecule has 1 N–H and O–H groups in total. The number of hydrogen-bond acceptors (Lipinski definition) is 3. The van der Waals surface area contributed by atoms with Gasteiger partial charge >= 0.3 is 0 Å². The standard InChI is InChI=1S/C12H9N5O/c13-17-16-11-5-1-4-10(7-11)15-12(18)9-3-2-6-14-8-9/h1-8H,(H,15,18). The van der Waals surface area contributed by atoms with Crippen LogP contribution in [0.1, 0.15) is 10.4 Å². The summed E-state index contributed by atoms with van der Waals surface area (Å²) in [5.41, 5.74) is 9.81. The molecular formula is C12H9N5O. The van der Waals surface area contributed by atoms with Gasteiger partial charge in [0.15, 0.2) is 0 Å². The van der Waals surface area contributed by atoms with Crippen molar-refractivity contribution in [3.63, 3.8) is 0 Å². The fourth-order valence-electron chi connectivity index (χ4n) is 1.40. The lowest BCUT2D eigenvalue weighted by molar-refractivity contribution is 0.102. The Morgan fingerprint density at radius 3 is 2.94 bits per heavy atom. The van der Waals surface area contributed by atoms with E-state index >= 15 is 0 Å². The van der Waals surface area contributed by atoms with E-state index in [0.717, 1.165) is 0 Å². The van der Waals surface area contributed by atoms with Crippen molar-refractivity contribution >= 4 is 17.3 Å². The van der Waals surface area contributed by atoms with Crippen LogP contribution in [-0.4, -0.2) is 10.9 Å². The molecule has 18 heavy (non-hydrogen) atoms. The third kappa shape index (κ3) is 2.84. The fraction of sp³-hybridized carbons (Fsp3) is 0. The second-order valence-electron chi connectivity index (χ2n) is 3.44. The highest BCUT2D eigenvalue weighted by Gasteiger charge is 2.05. The van der Waals surface area contributed by atoms with Crippen LogP contribution in [0.2, 0.25) is 0 Å². The Bertz CT molecular complexity index is 605. The summed E-state index contributed by atoms with van der Waals surface area (Å²) >= 11 is 0. The zero-order valence-corrected chi connectivity index (χ0v) is 9.32. The molecule has 6 nitrogen and oxygen atoms in total. The number of nitrogens with one attached hydrogen (secondary N) is 1. The van der Waals surface area contributed by atoms with Crippen LogP contribution in [0.15, 0.2) is 53.9 Å². The molecule has 6 heteroatoms. The second-order valence-corrected chi connectivity index (χ2v) is 3.44. The minimum Gasteiger partial charge on any atom is -0.322 e. The molecule has 0 spiro atoms. The van der Waals surface area contributed by atoms with Crippen LogP contribution >= 0.6 is 0 Å². The maximum Gasteiger partial charge on any atom is 0.257 e. The normalized spacial score (nSPS) is 9.33. The van der Waals surface area contributed by atoms with Crippen LogP contribution in [0.3, 0.4) is 0 Å². The third-order valence-electron chi connectivity index (χ3n) is 2.19. The molecule has 0 saturated heterocycles. The molecule has 0 fully saturated rings. The first-order valence-corrected chi connectivity index (χ1v) is 5.16. The monoisotopic (exact) mass is 239 g/mol. The van der Waals surface area contributed by atoms with Gasteiger partial charge in [-0.3, -0.25) is 9.78 Å². The summed E-state index contributed by atoms with van der Waals surface area (Å²) in [5, 5.41) is 6.16. The molecule has 0 aliphatic heterocycles. The summed E-state index contributed by atoms with van der Waals surface area (Å²) < 4.78 is 0. The lowest BCUT2D eigenvalue weighted by Gasteiger charge is -2.05. The average Bonchev–Trinajstić information content (AvgIpc) is 2.40. The van der Waals surface area contributed by atoms with Crippen LogP contribution < -0.4 is 5.32 Å². The molecule has 88 valence electrons. The number of amides is 1. The van der Waals surface area contributed by atoms with E-state index in [1.807, 2.05) is 0 Å². The number of benzene rings is 1. The topological polar surface area (TPSA) is 90.8 Å². The van der Waals surface area contributed by atoms with Crippen molar-refractivity contribution in [3.8, 4) is 0 Å². The molecule has 1 aromatic carbocycles. The second kappa shape index (κ2) is 5.47. The number of azide groups is 1.